The fourth-order valence-electron chi connectivity index (χ4n) is 6.28. The van der Waals surface area contributed by atoms with Gasteiger partial charge >= 0.3 is 0 Å². The molecule has 0 amide bonds. The zero-order valence-electron chi connectivity index (χ0n) is 23.5. The minimum absolute atomic E-state index is 0.545. The molecule has 6 nitrogen and oxygen atoms in total. The Morgan fingerprint density at radius 1 is 0.409 bits per heavy atom. The van der Waals surface area contributed by atoms with Gasteiger partial charge in [0.1, 0.15) is 5.52 Å². The molecule has 0 aliphatic heterocycles. The van der Waals surface area contributed by atoms with Gasteiger partial charge in [-0.2, -0.15) is 9.97 Å². The summed E-state index contributed by atoms with van der Waals surface area (Å²) in [5, 5.41) is 3.25. The van der Waals surface area contributed by atoms with E-state index in [9.17, 15) is 0 Å². The van der Waals surface area contributed by atoms with E-state index >= 15 is 0 Å². The molecular formula is C38H24N6. The zero-order chi connectivity index (χ0) is 29.0. The molecule has 0 fully saturated rings. The molecule has 9 rings (SSSR count). The van der Waals surface area contributed by atoms with Crippen molar-refractivity contribution in [3.05, 3.63) is 146 Å². The molecule has 6 heteroatoms. The summed E-state index contributed by atoms with van der Waals surface area (Å²) < 4.78 is 4.50. The summed E-state index contributed by atoms with van der Waals surface area (Å²) in [5.41, 5.74) is 7.94. The molecule has 0 unspecified atom stereocenters. The van der Waals surface area contributed by atoms with E-state index < -0.39 is 0 Å². The molecule has 0 aliphatic rings. The maximum atomic E-state index is 5.14. The van der Waals surface area contributed by atoms with Crippen molar-refractivity contribution in [2.45, 2.75) is 0 Å². The number of rotatable bonds is 4. The van der Waals surface area contributed by atoms with Crippen molar-refractivity contribution in [2.75, 3.05) is 0 Å². The molecule has 4 aromatic heterocycles. The number of hydrogen-bond donors (Lipinski definition) is 0. The lowest BCUT2D eigenvalue weighted by Crippen LogP contribution is -2.07. The van der Waals surface area contributed by atoms with Crippen LogP contribution in [0.3, 0.4) is 0 Å². The number of fused-ring (bicyclic) bond motifs is 7. The summed E-state index contributed by atoms with van der Waals surface area (Å²) >= 11 is 0. The molecule has 206 valence electrons. The highest BCUT2D eigenvalue weighted by molar-refractivity contribution is 6.22. The third-order valence-electron chi connectivity index (χ3n) is 8.21. The Hall–Kier alpha value is -6.14. The molecule has 0 saturated carbocycles. The van der Waals surface area contributed by atoms with Crippen molar-refractivity contribution in [1.29, 1.82) is 0 Å². The first-order valence-electron chi connectivity index (χ1n) is 14.6. The quantitative estimate of drug-likeness (QED) is 0.214. The third-order valence-corrected chi connectivity index (χ3v) is 8.21. The molecule has 5 aromatic carbocycles. The van der Waals surface area contributed by atoms with Crippen LogP contribution in [0.5, 0.6) is 0 Å². The Balaban J connectivity index is 1.48. The fourth-order valence-corrected chi connectivity index (χ4v) is 6.28. The molecule has 0 saturated heterocycles. The summed E-state index contributed by atoms with van der Waals surface area (Å²) in [6.45, 7) is 0. The number of pyridine rings is 1. The van der Waals surface area contributed by atoms with Crippen LogP contribution in [0.25, 0.3) is 78.2 Å². The number of para-hydroxylation sites is 3. The second-order valence-corrected chi connectivity index (χ2v) is 10.8. The van der Waals surface area contributed by atoms with Crippen LogP contribution >= 0.6 is 0 Å². The van der Waals surface area contributed by atoms with Crippen LogP contribution in [0, 0.1) is 0 Å². The van der Waals surface area contributed by atoms with Crippen LogP contribution < -0.4 is 0 Å². The molecule has 0 atom stereocenters. The highest BCUT2D eigenvalue weighted by atomic mass is 15.2. The number of hydrogen-bond acceptors (Lipinski definition) is 4. The largest absolute Gasteiger partial charge is 0.307 e. The third kappa shape index (κ3) is 3.68. The summed E-state index contributed by atoms with van der Waals surface area (Å²) in [7, 11) is 0. The molecular weight excluding hydrogens is 540 g/mol. The Labute approximate surface area is 252 Å². The molecule has 9 aromatic rings. The van der Waals surface area contributed by atoms with E-state index in [1.165, 1.54) is 0 Å². The molecule has 0 radical (unpaired) electrons. The Kier molecular flexibility index (Phi) is 5.40. The molecule has 0 N–H and O–H groups in total. The lowest BCUT2D eigenvalue weighted by atomic mass is 10.2. The van der Waals surface area contributed by atoms with Crippen molar-refractivity contribution in [1.82, 2.24) is 29.1 Å². The fraction of sp³-hybridized carbons (Fsp3) is 0. The minimum atomic E-state index is 0.545. The maximum Gasteiger partial charge on any atom is 0.238 e. The van der Waals surface area contributed by atoms with Crippen LogP contribution in [0.2, 0.25) is 0 Å². The van der Waals surface area contributed by atoms with E-state index in [-0.39, 0.29) is 0 Å². The van der Waals surface area contributed by atoms with Gasteiger partial charge in [-0.3, -0.25) is 9.55 Å². The molecule has 0 spiro atoms. The highest BCUT2D eigenvalue weighted by Gasteiger charge is 2.24. The van der Waals surface area contributed by atoms with Gasteiger partial charge in [-0.05, 0) is 24.3 Å². The first-order valence-corrected chi connectivity index (χ1v) is 14.6. The van der Waals surface area contributed by atoms with E-state index in [0.717, 1.165) is 60.6 Å². The second kappa shape index (κ2) is 9.71. The van der Waals surface area contributed by atoms with E-state index in [1.807, 2.05) is 72.9 Å². The van der Waals surface area contributed by atoms with Gasteiger partial charge in [0.25, 0.3) is 0 Å². The lowest BCUT2D eigenvalue weighted by Gasteiger charge is -2.13. The number of aromatic nitrogens is 6. The van der Waals surface area contributed by atoms with E-state index in [4.69, 9.17) is 19.9 Å². The molecule has 44 heavy (non-hydrogen) atoms. The van der Waals surface area contributed by atoms with Gasteiger partial charge in [-0.25, -0.2) is 4.98 Å². The lowest BCUT2D eigenvalue weighted by molar-refractivity contribution is 0.953. The van der Waals surface area contributed by atoms with Crippen molar-refractivity contribution in [2.24, 2.45) is 0 Å². The van der Waals surface area contributed by atoms with Crippen LogP contribution in [0.1, 0.15) is 0 Å². The summed E-state index contributed by atoms with van der Waals surface area (Å²) in [6, 6.07) is 47.5. The van der Waals surface area contributed by atoms with Crippen LogP contribution in [0.4, 0.5) is 0 Å². The van der Waals surface area contributed by atoms with Gasteiger partial charge in [0, 0.05) is 39.2 Å². The van der Waals surface area contributed by atoms with Gasteiger partial charge in [0.2, 0.25) is 5.95 Å². The number of benzene rings is 5. The van der Waals surface area contributed by atoms with Gasteiger partial charge < -0.3 is 4.57 Å². The van der Waals surface area contributed by atoms with Gasteiger partial charge in [-0.1, -0.05) is 115 Å². The molecule has 4 heterocycles. The summed E-state index contributed by atoms with van der Waals surface area (Å²) in [4.78, 5) is 20.3. The topological polar surface area (TPSA) is 61.4 Å². The Morgan fingerprint density at radius 3 is 1.57 bits per heavy atom. The standard InChI is InChI=1S/C38H24N6/c1-4-14-25(15-5-1)36-40-37(26-16-6-2-7-17-26)42-38(41-36)44-32-23-13-11-21-29(32)33-35(44)34-30(24-39-33)28-20-10-12-22-31(28)43(34)27-18-8-3-9-19-27/h1-24H. The van der Waals surface area contributed by atoms with Crippen molar-refractivity contribution >= 4 is 43.7 Å². The monoisotopic (exact) mass is 564 g/mol. The Bertz CT molecular complexity index is 2420. The average Bonchev–Trinajstić information content (AvgIpc) is 3.62. The van der Waals surface area contributed by atoms with Crippen molar-refractivity contribution in [3.8, 4) is 34.4 Å². The maximum absolute atomic E-state index is 5.14. The van der Waals surface area contributed by atoms with Crippen molar-refractivity contribution < 1.29 is 0 Å². The SMILES string of the molecule is c1ccc(-c2nc(-c3ccccc3)nc(-n3c4ccccc4c4ncc5c6ccccc6n(-c6ccccc6)c5c43)n2)cc1. The highest BCUT2D eigenvalue weighted by Crippen LogP contribution is 2.40. The second-order valence-electron chi connectivity index (χ2n) is 10.8. The zero-order valence-corrected chi connectivity index (χ0v) is 23.5. The molecule has 0 aliphatic carbocycles. The minimum Gasteiger partial charge on any atom is -0.307 e. The summed E-state index contributed by atoms with van der Waals surface area (Å²) in [6.07, 6.45) is 2.01. The smallest absolute Gasteiger partial charge is 0.238 e. The van der Waals surface area contributed by atoms with Crippen LogP contribution in [-0.4, -0.2) is 29.1 Å². The average molecular weight is 565 g/mol. The predicted molar refractivity (Wildman–Crippen MR) is 177 cm³/mol. The number of nitrogens with zero attached hydrogens (tertiary/aromatic N) is 6. The Morgan fingerprint density at radius 2 is 0.932 bits per heavy atom. The summed E-state index contributed by atoms with van der Waals surface area (Å²) in [5.74, 6) is 1.77. The van der Waals surface area contributed by atoms with Crippen LogP contribution in [-0.2, 0) is 0 Å². The molecule has 0 bridgehead atoms. The van der Waals surface area contributed by atoms with E-state index in [0.29, 0.717) is 17.6 Å². The van der Waals surface area contributed by atoms with E-state index in [2.05, 4.69) is 81.9 Å². The normalized spacial score (nSPS) is 11.6. The van der Waals surface area contributed by atoms with Gasteiger partial charge in [0.05, 0.1) is 22.1 Å². The first kappa shape index (κ1) is 24.5. The predicted octanol–water partition coefficient (Wildman–Crippen LogP) is 8.79. The van der Waals surface area contributed by atoms with Gasteiger partial charge in [-0.15, -0.1) is 0 Å². The van der Waals surface area contributed by atoms with Crippen LogP contribution in [0.15, 0.2) is 146 Å². The van der Waals surface area contributed by atoms with Gasteiger partial charge in [0.15, 0.2) is 11.6 Å². The van der Waals surface area contributed by atoms with E-state index in [1.54, 1.807) is 0 Å². The first-order chi connectivity index (χ1) is 21.8. The van der Waals surface area contributed by atoms with Crippen molar-refractivity contribution in [3.63, 3.8) is 0 Å².